The summed E-state index contributed by atoms with van der Waals surface area (Å²) in [6.45, 7) is -0.587. The van der Waals surface area contributed by atoms with Crippen molar-refractivity contribution in [1.82, 2.24) is 14.7 Å². The quantitative estimate of drug-likeness (QED) is 0.389. The second-order valence-corrected chi connectivity index (χ2v) is 8.56. The van der Waals surface area contributed by atoms with Gasteiger partial charge in [0.1, 0.15) is 0 Å². The van der Waals surface area contributed by atoms with Crippen molar-refractivity contribution in [3.63, 3.8) is 0 Å². The van der Waals surface area contributed by atoms with Crippen LogP contribution in [0.5, 0.6) is 0 Å². The van der Waals surface area contributed by atoms with Crippen molar-refractivity contribution in [3.05, 3.63) is 56.9 Å². The van der Waals surface area contributed by atoms with Gasteiger partial charge in [-0.25, -0.2) is 22.7 Å². The molecule has 1 aromatic heterocycles. The lowest BCUT2D eigenvalue weighted by Crippen LogP contribution is -2.22. The van der Waals surface area contributed by atoms with Gasteiger partial charge < -0.3 is 20.0 Å². The number of sulfonamides is 1. The van der Waals surface area contributed by atoms with E-state index in [2.05, 4.69) is 35.9 Å². The smallest absolute Gasteiger partial charge is 0.338 e. The van der Waals surface area contributed by atoms with Crippen LogP contribution >= 0.6 is 15.9 Å². The number of aromatic amines is 2. The normalized spacial score (nSPS) is 11.4. The molecule has 0 spiro atoms. The molecule has 152 valence electrons. The number of hydrogen-bond donors (Lipinski definition) is 4. The van der Waals surface area contributed by atoms with Gasteiger partial charge in [-0.2, -0.15) is 0 Å². The summed E-state index contributed by atoms with van der Waals surface area (Å²) < 4.78 is 31.2. The number of H-pyrrole nitrogens is 2. The van der Waals surface area contributed by atoms with Crippen molar-refractivity contribution in [2.45, 2.75) is 4.90 Å². The van der Waals surface area contributed by atoms with Crippen LogP contribution in [0.4, 0.5) is 5.69 Å². The number of ether oxygens (including phenoxy) is 1. The molecule has 1 heterocycles. The molecule has 10 nitrogen and oxygen atoms in total. The highest BCUT2D eigenvalue weighted by Gasteiger charge is 2.16. The maximum Gasteiger partial charge on any atom is 0.338 e. The van der Waals surface area contributed by atoms with Crippen LogP contribution < -0.4 is 15.7 Å². The molecule has 2 aromatic carbocycles. The van der Waals surface area contributed by atoms with Gasteiger partial charge in [0, 0.05) is 4.47 Å². The van der Waals surface area contributed by atoms with Crippen molar-refractivity contribution in [2.75, 3.05) is 19.0 Å². The Kier molecular flexibility index (Phi) is 5.86. The summed E-state index contributed by atoms with van der Waals surface area (Å²) in [5.74, 6) is -1.46. The first kappa shape index (κ1) is 20.8. The molecule has 0 aliphatic heterocycles. The van der Waals surface area contributed by atoms with E-state index in [1.807, 2.05) is 0 Å². The summed E-state index contributed by atoms with van der Waals surface area (Å²) in [6, 6.07) is 8.41. The molecular formula is C17H15BrN4O6S. The van der Waals surface area contributed by atoms with E-state index < -0.39 is 28.5 Å². The van der Waals surface area contributed by atoms with Gasteiger partial charge >= 0.3 is 11.7 Å². The van der Waals surface area contributed by atoms with E-state index in [9.17, 15) is 22.8 Å². The van der Waals surface area contributed by atoms with Gasteiger partial charge in [0.2, 0.25) is 10.0 Å². The van der Waals surface area contributed by atoms with Crippen LogP contribution in [0.2, 0.25) is 0 Å². The molecule has 0 aliphatic rings. The van der Waals surface area contributed by atoms with E-state index in [4.69, 9.17) is 4.74 Å². The predicted molar refractivity (Wildman–Crippen MR) is 108 cm³/mol. The highest BCUT2D eigenvalue weighted by atomic mass is 79.9. The number of carbonyl (C=O) groups excluding carboxylic acids is 2. The largest absolute Gasteiger partial charge is 0.452 e. The van der Waals surface area contributed by atoms with Crippen molar-refractivity contribution < 1.29 is 22.7 Å². The highest BCUT2D eigenvalue weighted by molar-refractivity contribution is 9.10. The Hall–Kier alpha value is -2.96. The maximum absolute atomic E-state index is 12.1. The monoisotopic (exact) mass is 482 g/mol. The minimum atomic E-state index is -3.72. The molecule has 0 saturated heterocycles. The highest BCUT2D eigenvalue weighted by Crippen LogP contribution is 2.26. The first-order valence-corrected chi connectivity index (χ1v) is 10.4. The number of amides is 1. The lowest BCUT2D eigenvalue weighted by molar-refractivity contribution is -0.119. The number of halogens is 1. The average molecular weight is 483 g/mol. The first-order chi connectivity index (χ1) is 13.7. The Bertz CT molecular complexity index is 1260. The van der Waals surface area contributed by atoms with Gasteiger partial charge in [0.15, 0.2) is 6.61 Å². The second kappa shape index (κ2) is 8.19. The summed E-state index contributed by atoms with van der Waals surface area (Å²) >= 11 is 3.28. The molecule has 0 bridgehead atoms. The number of carbonyl (C=O) groups is 2. The summed E-state index contributed by atoms with van der Waals surface area (Å²) in [4.78, 5) is 40.7. The molecule has 0 saturated carbocycles. The standard InChI is InChI=1S/C17H15BrN4O6S/c1-19-29(26,27)10-4-2-3-9(5-10)16(24)28-8-15(23)20-12-7-14-13(6-11(12)18)21-17(25)22-14/h2-7,19H,8H2,1H3,(H,20,23)(H2,21,22,25). The lowest BCUT2D eigenvalue weighted by atomic mass is 10.2. The topological polar surface area (TPSA) is 150 Å². The van der Waals surface area contributed by atoms with Gasteiger partial charge in [-0.15, -0.1) is 0 Å². The third-order valence-electron chi connectivity index (χ3n) is 3.86. The number of rotatable bonds is 6. The predicted octanol–water partition coefficient (Wildman–Crippen LogP) is 1.32. The number of fused-ring (bicyclic) bond motifs is 1. The molecular weight excluding hydrogens is 468 g/mol. The second-order valence-electron chi connectivity index (χ2n) is 5.82. The van der Waals surface area contributed by atoms with Crippen LogP contribution in [0, 0.1) is 0 Å². The van der Waals surface area contributed by atoms with Gasteiger partial charge in [-0.1, -0.05) is 6.07 Å². The van der Waals surface area contributed by atoms with E-state index >= 15 is 0 Å². The number of benzene rings is 2. The molecule has 12 heteroatoms. The van der Waals surface area contributed by atoms with Crippen LogP contribution in [0.1, 0.15) is 10.4 Å². The van der Waals surface area contributed by atoms with Crippen molar-refractivity contribution in [2.24, 2.45) is 0 Å². The SMILES string of the molecule is CNS(=O)(=O)c1cccc(C(=O)OCC(=O)Nc2cc3[nH]c(=O)[nH]c3cc2Br)c1. The molecule has 29 heavy (non-hydrogen) atoms. The fourth-order valence-electron chi connectivity index (χ4n) is 2.46. The fourth-order valence-corrected chi connectivity index (χ4v) is 3.68. The molecule has 3 rings (SSSR count). The molecule has 0 aliphatic carbocycles. The third-order valence-corrected chi connectivity index (χ3v) is 5.93. The third kappa shape index (κ3) is 4.72. The number of hydrogen-bond acceptors (Lipinski definition) is 6. The number of anilines is 1. The zero-order valence-electron chi connectivity index (χ0n) is 14.9. The Morgan fingerprint density at radius 2 is 1.83 bits per heavy atom. The van der Waals surface area contributed by atoms with Gasteiger partial charge in [0.25, 0.3) is 5.91 Å². The average Bonchev–Trinajstić information content (AvgIpc) is 3.05. The molecule has 0 unspecified atom stereocenters. The number of esters is 1. The number of aromatic nitrogens is 2. The zero-order valence-corrected chi connectivity index (χ0v) is 17.3. The van der Waals surface area contributed by atoms with E-state index in [0.29, 0.717) is 21.2 Å². The Morgan fingerprint density at radius 1 is 1.14 bits per heavy atom. The number of nitrogens with one attached hydrogen (secondary N) is 4. The lowest BCUT2D eigenvalue weighted by Gasteiger charge is -2.09. The summed E-state index contributed by atoms with van der Waals surface area (Å²) in [7, 11) is -2.46. The molecule has 0 radical (unpaired) electrons. The van der Waals surface area contributed by atoms with Crippen molar-refractivity contribution >= 4 is 54.6 Å². The van der Waals surface area contributed by atoms with Gasteiger partial charge in [-0.3, -0.25) is 4.79 Å². The molecule has 1 amide bonds. The van der Waals surface area contributed by atoms with E-state index in [-0.39, 0.29) is 16.1 Å². The molecule has 3 aromatic rings. The van der Waals surface area contributed by atoms with Crippen LogP contribution in [0.15, 0.2) is 50.6 Å². The minimum absolute atomic E-state index is 0.0124. The van der Waals surface area contributed by atoms with Gasteiger partial charge in [0.05, 0.1) is 27.2 Å². The fraction of sp³-hybridized carbons (Fsp3) is 0.118. The van der Waals surface area contributed by atoms with E-state index in [0.717, 1.165) is 6.07 Å². The Labute approximate surface area is 172 Å². The van der Waals surface area contributed by atoms with Crippen molar-refractivity contribution in [3.8, 4) is 0 Å². The van der Waals surface area contributed by atoms with E-state index in [1.165, 1.54) is 25.2 Å². The summed E-state index contributed by atoms with van der Waals surface area (Å²) in [5, 5.41) is 2.56. The van der Waals surface area contributed by atoms with Crippen LogP contribution in [0.3, 0.4) is 0 Å². The maximum atomic E-state index is 12.1. The zero-order chi connectivity index (χ0) is 21.2. The number of imidazole rings is 1. The summed E-state index contributed by atoms with van der Waals surface area (Å²) in [6.07, 6.45) is 0. The van der Waals surface area contributed by atoms with Gasteiger partial charge in [-0.05, 0) is 53.3 Å². The van der Waals surface area contributed by atoms with E-state index in [1.54, 1.807) is 12.1 Å². The Balaban J connectivity index is 1.67. The molecule has 4 N–H and O–H groups in total. The summed E-state index contributed by atoms with van der Waals surface area (Å²) in [5.41, 5.74) is 1.03. The van der Waals surface area contributed by atoms with Crippen LogP contribution in [-0.2, 0) is 19.6 Å². The molecule has 0 atom stereocenters. The molecule has 0 fully saturated rings. The first-order valence-electron chi connectivity index (χ1n) is 8.12. The van der Waals surface area contributed by atoms with Crippen molar-refractivity contribution in [1.29, 1.82) is 0 Å². The van der Waals surface area contributed by atoms with Crippen LogP contribution in [-0.4, -0.2) is 43.9 Å². The van der Waals surface area contributed by atoms with Crippen LogP contribution in [0.25, 0.3) is 11.0 Å². The Morgan fingerprint density at radius 3 is 2.52 bits per heavy atom. The minimum Gasteiger partial charge on any atom is -0.452 e.